The van der Waals surface area contributed by atoms with Gasteiger partial charge in [-0.1, -0.05) is 35.2 Å². The van der Waals surface area contributed by atoms with Crippen molar-refractivity contribution in [2.75, 3.05) is 6.54 Å². The number of halogens is 1. The molecule has 1 heterocycles. The Hall–Kier alpha value is -1.20. The fourth-order valence-corrected chi connectivity index (χ4v) is 3.43. The van der Waals surface area contributed by atoms with Crippen LogP contribution in [0, 0.1) is 0 Å². The largest absolute Gasteiger partial charge is 0.388 e. The van der Waals surface area contributed by atoms with E-state index in [2.05, 4.69) is 15.9 Å². The van der Waals surface area contributed by atoms with Crippen molar-refractivity contribution < 1.29 is 14.7 Å². The van der Waals surface area contributed by atoms with Crippen LogP contribution in [0.3, 0.4) is 0 Å². The molecule has 0 aromatic heterocycles. The fraction of sp³-hybridized carbons (Fsp3) is 0.467. The standard InChI is InChI=1S/C15H16BrNO3/c16-10-4-5-11-12(8-10)14(19)17(13(11)18)9-15(20)6-2-1-3-7-15/h4-5,8,20H,1-3,6-7,9H2. The number of imide groups is 1. The number of amides is 2. The molecule has 0 unspecified atom stereocenters. The van der Waals surface area contributed by atoms with Gasteiger partial charge in [0.2, 0.25) is 0 Å². The van der Waals surface area contributed by atoms with Gasteiger partial charge in [-0.3, -0.25) is 14.5 Å². The van der Waals surface area contributed by atoms with Gasteiger partial charge in [-0.15, -0.1) is 0 Å². The zero-order valence-electron chi connectivity index (χ0n) is 11.1. The average Bonchev–Trinajstić information content (AvgIpc) is 2.64. The molecule has 4 nitrogen and oxygen atoms in total. The predicted molar refractivity (Wildman–Crippen MR) is 77.5 cm³/mol. The van der Waals surface area contributed by atoms with E-state index >= 15 is 0 Å². The lowest BCUT2D eigenvalue weighted by Crippen LogP contribution is -2.46. The third-order valence-electron chi connectivity index (χ3n) is 4.17. The molecule has 3 rings (SSSR count). The van der Waals surface area contributed by atoms with Crippen LogP contribution in [0.1, 0.15) is 52.8 Å². The molecule has 2 aliphatic rings. The molecule has 1 N–H and O–H groups in total. The van der Waals surface area contributed by atoms with Gasteiger partial charge in [0.25, 0.3) is 11.8 Å². The molecule has 1 aliphatic heterocycles. The highest BCUT2D eigenvalue weighted by Gasteiger charge is 2.41. The first-order chi connectivity index (χ1) is 9.50. The Morgan fingerprint density at radius 1 is 1.10 bits per heavy atom. The van der Waals surface area contributed by atoms with Crippen molar-refractivity contribution in [3.63, 3.8) is 0 Å². The molecule has 20 heavy (non-hydrogen) atoms. The van der Waals surface area contributed by atoms with Crippen molar-refractivity contribution in [2.45, 2.75) is 37.7 Å². The highest BCUT2D eigenvalue weighted by molar-refractivity contribution is 9.10. The lowest BCUT2D eigenvalue weighted by atomic mass is 9.84. The molecule has 1 fully saturated rings. The van der Waals surface area contributed by atoms with E-state index in [1.54, 1.807) is 18.2 Å². The maximum atomic E-state index is 12.3. The summed E-state index contributed by atoms with van der Waals surface area (Å²) >= 11 is 3.31. The minimum atomic E-state index is -0.914. The summed E-state index contributed by atoms with van der Waals surface area (Å²) in [4.78, 5) is 25.9. The summed E-state index contributed by atoms with van der Waals surface area (Å²) in [6.07, 6.45) is 4.32. The van der Waals surface area contributed by atoms with Crippen LogP contribution in [0.4, 0.5) is 0 Å². The van der Waals surface area contributed by atoms with Gasteiger partial charge in [0.05, 0.1) is 23.3 Å². The van der Waals surface area contributed by atoms with E-state index in [4.69, 9.17) is 0 Å². The highest BCUT2D eigenvalue weighted by Crippen LogP contribution is 2.32. The molecule has 1 aromatic carbocycles. The van der Waals surface area contributed by atoms with Crippen molar-refractivity contribution >= 4 is 27.7 Å². The smallest absolute Gasteiger partial charge is 0.261 e. The van der Waals surface area contributed by atoms with Gasteiger partial charge in [0.15, 0.2) is 0 Å². The molecular weight excluding hydrogens is 322 g/mol. The van der Waals surface area contributed by atoms with Gasteiger partial charge in [-0.25, -0.2) is 0 Å². The Morgan fingerprint density at radius 3 is 2.45 bits per heavy atom. The van der Waals surface area contributed by atoms with Crippen molar-refractivity contribution in [3.8, 4) is 0 Å². The Kier molecular flexibility index (Phi) is 3.42. The second kappa shape index (κ2) is 4.97. The molecule has 0 atom stereocenters. The third kappa shape index (κ3) is 2.29. The molecule has 5 heteroatoms. The first-order valence-corrected chi connectivity index (χ1v) is 7.68. The highest BCUT2D eigenvalue weighted by atomic mass is 79.9. The summed E-state index contributed by atoms with van der Waals surface area (Å²) in [6.45, 7) is 0.108. The molecular formula is C15H16BrNO3. The Morgan fingerprint density at radius 2 is 1.75 bits per heavy atom. The molecule has 0 saturated heterocycles. The molecule has 106 valence electrons. The van der Waals surface area contributed by atoms with Crippen molar-refractivity contribution in [2.24, 2.45) is 0 Å². The Labute approximate surface area is 125 Å². The maximum Gasteiger partial charge on any atom is 0.261 e. The number of rotatable bonds is 2. The van der Waals surface area contributed by atoms with Gasteiger partial charge in [-0.05, 0) is 31.0 Å². The van der Waals surface area contributed by atoms with Crippen LogP contribution in [-0.4, -0.2) is 34.0 Å². The van der Waals surface area contributed by atoms with Crippen LogP contribution in [0.2, 0.25) is 0 Å². The predicted octanol–water partition coefficient (Wildman–Crippen LogP) is 2.74. The number of carbonyl (C=O) groups excluding carboxylic acids is 2. The summed E-state index contributed by atoms with van der Waals surface area (Å²) in [5, 5.41) is 10.5. The number of nitrogens with zero attached hydrogens (tertiary/aromatic N) is 1. The second-order valence-electron chi connectivity index (χ2n) is 5.67. The second-order valence-corrected chi connectivity index (χ2v) is 6.59. The summed E-state index contributed by atoms with van der Waals surface area (Å²) in [7, 11) is 0. The van der Waals surface area contributed by atoms with Gasteiger partial charge in [0, 0.05) is 4.47 Å². The Bertz CT molecular complexity index is 578. The van der Waals surface area contributed by atoms with Gasteiger partial charge >= 0.3 is 0 Å². The third-order valence-corrected chi connectivity index (χ3v) is 4.66. The zero-order chi connectivity index (χ0) is 14.3. The first kappa shape index (κ1) is 13.8. The molecule has 2 amide bonds. The summed E-state index contributed by atoms with van der Waals surface area (Å²) in [5.41, 5.74) is -0.0653. The van der Waals surface area contributed by atoms with Crippen LogP contribution in [-0.2, 0) is 0 Å². The van der Waals surface area contributed by atoms with Crippen LogP contribution < -0.4 is 0 Å². The average molecular weight is 338 g/mol. The monoisotopic (exact) mass is 337 g/mol. The molecule has 0 radical (unpaired) electrons. The molecule has 1 saturated carbocycles. The van der Waals surface area contributed by atoms with Crippen LogP contribution in [0.15, 0.2) is 22.7 Å². The number of aliphatic hydroxyl groups is 1. The van der Waals surface area contributed by atoms with E-state index < -0.39 is 5.60 Å². The molecule has 0 spiro atoms. The van der Waals surface area contributed by atoms with E-state index in [1.807, 2.05) is 0 Å². The van der Waals surface area contributed by atoms with Crippen molar-refractivity contribution in [3.05, 3.63) is 33.8 Å². The van der Waals surface area contributed by atoms with Gasteiger partial charge < -0.3 is 5.11 Å². The van der Waals surface area contributed by atoms with E-state index in [-0.39, 0.29) is 18.4 Å². The molecule has 1 aliphatic carbocycles. The number of benzene rings is 1. The lowest BCUT2D eigenvalue weighted by Gasteiger charge is -2.34. The maximum absolute atomic E-state index is 12.3. The Balaban J connectivity index is 1.86. The number of hydrogen-bond acceptors (Lipinski definition) is 3. The number of carbonyl (C=O) groups is 2. The van der Waals surface area contributed by atoms with Crippen LogP contribution in [0.25, 0.3) is 0 Å². The lowest BCUT2D eigenvalue weighted by molar-refractivity contribution is -0.0177. The number of hydrogen-bond donors (Lipinski definition) is 1. The summed E-state index contributed by atoms with van der Waals surface area (Å²) in [5.74, 6) is -0.596. The quantitative estimate of drug-likeness (QED) is 0.844. The van der Waals surface area contributed by atoms with E-state index in [0.29, 0.717) is 24.0 Å². The van der Waals surface area contributed by atoms with Crippen molar-refractivity contribution in [1.82, 2.24) is 4.90 Å². The van der Waals surface area contributed by atoms with Gasteiger partial charge in [0.1, 0.15) is 0 Å². The minimum absolute atomic E-state index is 0.108. The normalized spacial score (nSPS) is 21.2. The van der Waals surface area contributed by atoms with Crippen LogP contribution >= 0.6 is 15.9 Å². The van der Waals surface area contributed by atoms with Crippen molar-refractivity contribution in [1.29, 1.82) is 0 Å². The first-order valence-electron chi connectivity index (χ1n) is 6.88. The molecule has 0 bridgehead atoms. The summed E-state index contributed by atoms with van der Waals surface area (Å²) in [6, 6.07) is 5.08. The topological polar surface area (TPSA) is 57.6 Å². The fourth-order valence-electron chi connectivity index (χ4n) is 3.07. The summed E-state index contributed by atoms with van der Waals surface area (Å²) < 4.78 is 0.774. The molecule has 1 aromatic rings. The van der Waals surface area contributed by atoms with E-state index in [0.717, 1.165) is 23.7 Å². The number of β-amino-alcohol motifs (C(OH)–C–C–N with tert-alkyl or cyclic N) is 1. The SMILES string of the molecule is O=C1c2ccc(Br)cc2C(=O)N1CC1(O)CCCCC1. The van der Waals surface area contributed by atoms with Gasteiger partial charge in [-0.2, -0.15) is 0 Å². The number of fused-ring (bicyclic) bond motifs is 1. The zero-order valence-corrected chi connectivity index (χ0v) is 12.6. The van der Waals surface area contributed by atoms with E-state index in [9.17, 15) is 14.7 Å². The van der Waals surface area contributed by atoms with E-state index in [1.165, 1.54) is 4.90 Å². The minimum Gasteiger partial charge on any atom is -0.388 e. The van der Waals surface area contributed by atoms with Crippen LogP contribution in [0.5, 0.6) is 0 Å².